The summed E-state index contributed by atoms with van der Waals surface area (Å²) in [7, 11) is 0. The Kier molecular flexibility index (Phi) is 6.21. The van der Waals surface area contributed by atoms with Gasteiger partial charge in [0.2, 0.25) is 0 Å². The van der Waals surface area contributed by atoms with Crippen LogP contribution in [0.15, 0.2) is 0 Å². The van der Waals surface area contributed by atoms with Crippen LogP contribution in [0.2, 0.25) is 0 Å². The monoisotopic (exact) mass is 244 g/mol. The predicted octanol–water partition coefficient (Wildman–Crippen LogP) is 3.01. The summed E-state index contributed by atoms with van der Waals surface area (Å²) < 4.78 is 0. The van der Waals surface area contributed by atoms with Crippen molar-refractivity contribution in [3.63, 3.8) is 0 Å². The van der Waals surface area contributed by atoms with Crippen LogP contribution in [-0.4, -0.2) is 22.2 Å². The third-order valence-electron chi connectivity index (χ3n) is 3.54. The summed E-state index contributed by atoms with van der Waals surface area (Å²) in [4.78, 5) is 21.8. The molecule has 2 atom stereocenters. The zero-order valence-electron chi connectivity index (χ0n) is 11.2. The van der Waals surface area contributed by atoms with Crippen molar-refractivity contribution in [2.75, 3.05) is 0 Å². The molecule has 0 aromatic rings. The van der Waals surface area contributed by atoms with Crippen LogP contribution >= 0.6 is 0 Å². The first-order valence-corrected chi connectivity index (χ1v) is 6.15. The molecule has 0 radical (unpaired) electrons. The lowest BCUT2D eigenvalue weighted by atomic mass is 9.81. The van der Waals surface area contributed by atoms with Gasteiger partial charge in [-0.25, -0.2) is 0 Å². The lowest BCUT2D eigenvalue weighted by Crippen LogP contribution is -2.23. The van der Waals surface area contributed by atoms with E-state index in [1.807, 2.05) is 0 Å². The van der Waals surface area contributed by atoms with Crippen molar-refractivity contribution in [1.29, 1.82) is 0 Å². The number of carboxylic acids is 2. The highest BCUT2D eigenvalue weighted by atomic mass is 16.4. The van der Waals surface area contributed by atoms with E-state index in [-0.39, 0.29) is 11.8 Å². The van der Waals surface area contributed by atoms with Gasteiger partial charge in [-0.05, 0) is 24.7 Å². The fraction of sp³-hybridized carbons (Fsp3) is 0.846. The van der Waals surface area contributed by atoms with E-state index in [0.29, 0.717) is 6.42 Å². The average molecular weight is 244 g/mol. The first kappa shape index (κ1) is 15.9. The van der Waals surface area contributed by atoms with E-state index in [9.17, 15) is 9.59 Å². The Balaban J connectivity index is 4.36. The predicted molar refractivity (Wildman–Crippen MR) is 65.8 cm³/mol. The van der Waals surface area contributed by atoms with Crippen molar-refractivity contribution in [1.82, 2.24) is 0 Å². The normalized spacial score (nSPS) is 15.3. The molecule has 2 N–H and O–H groups in total. The molecule has 0 aromatic heterocycles. The summed E-state index contributed by atoms with van der Waals surface area (Å²) in [6.45, 7) is 7.85. The molecule has 0 bridgehead atoms. The van der Waals surface area contributed by atoms with Crippen molar-refractivity contribution >= 4 is 11.9 Å². The van der Waals surface area contributed by atoms with E-state index >= 15 is 0 Å². The highest BCUT2D eigenvalue weighted by Crippen LogP contribution is 2.30. The Bertz CT molecular complexity index is 271. The lowest BCUT2D eigenvalue weighted by molar-refractivity contribution is -0.145. The van der Waals surface area contributed by atoms with E-state index in [4.69, 9.17) is 10.2 Å². The summed E-state index contributed by atoms with van der Waals surface area (Å²) >= 11 is 0. The Morgan fingerprint density at radius 2 is 1.71 bits per heavy atom. The molecule has 0 aromatic carbocycles. The second-order valence-corrected chi connectivity index (χ2v) is 5.57. The van der Waals surface area contributed by atoms with Crippen molar-refractivity contribution in [2.45, 2.75) is 53.4 Å². The molecule has 100 valence electrons. The second-order valence-electron chi connectivity index (χ2n) is 5.57. The van der Waals surface area contributed by atoms with Crippen molar-refractivity contribution in [3.05, 3.63) is 0 Å². The van der Waals surface area contributed by atoms with Gasteiger partial charge in [0.15, 0.2) is 0 Å². The third-order valence-corrected chi connectivity index (χ3v) is 3.54. The van der Waals surface area contributed by atoms with Gasteiger partial charge >= 0.3 is 11.9 Å². The summed E-state index contributed by atoms with van der Waals surface area (Å²) in [5.41, 5.74) is 0.125. The molecule has 0 aliphatic carbocycles. The number of aliphatic carboxylic acids is 2. The minimum Gasteiger partial charge on any atom is -0.481 e. The van der Waals surface area contributed by atoms with Crippen LogP contribution in [0.1, 0.15) is 53.4 Å². The van der Waals surface area contributed by atoms with Gasteiger partial charge in [-0.15, -0.1) is 0 Å². The molecular formula is C13H24O4. The minimum atomic E-state index is -0.925. The van der Waals surface area contributed by atoms with Crippen molar-refractivity contribution < 1.29 is 19.8 Å². The maximum atomic E-state index is 11.1. The van der Waals surface area contributed by atoms with Crippen LogP contribution in [0.4, 0.5) is 0 Å². The fourth-order valence-electron chi connectivity index (χ4n) is 1.61. The van der Waals surface area contributed by atoms with Crippen molar-refractivity contribution in [3.8, 4) is 0 Å². The number of rotatable bonds is 8. The van der Waals surface area contributed by atoms with Crippen LogP contribution in [0.25, 0.3) is 0 Å². The molecule has 0 aliphatic rings. The second kappa shape index (κ2) is 6.62. The quantitative estimate of drug-likeness (QED) is 0.688. The maximum Gasteiger partial charge on any atom is 0.306 e. The number of carbonyl (C=O) groups is 2. The Labute approximate surface area is 103 Å². The highest BCUT2D eigenvalue weighted by molar-refractivity contribution is 5.73. The number of hydrogen-bond donors (Lipinski definition) is 2. The Morgan fingerprint density at radius 1 is 1.18 bits per heavy atom. The van der Waals surface area contributed by atoms with Crippen molar-refractivity contribution in [2.24, 2.45) is 17.3 Å². The molecule has 17 heavy (non-hydrogen) atoms. The summed E-state index contributed by atoms with van der Waals surface area (Å²) in [5, 5.41) is 17.9. The number of carboxylic acid groups (broad SMARTS) is 2. The SMILES string of the molecule is CCC(C)(C)CCC(CC(C)C(=O)O)C(=O)O. The van der Waals surface area contributed by atoms with Crippen LogP contribution in [-0.2, 0) is 9.59 Å². The molecule has 0 saturated heterocycles. The summed E-state index contributed by atoms with van der Waals surface area (Å²) in [6.07, 6.45) is 2.57. The smallest absolute Gasteiger partial charge is 0.306 e. The summed E-state index contributed by atoms with van der Waals surface area (Å²) in [6, 6.07) is 0. The lowest BCUT2D eigenvalue weighted by Gasteiger charge is -2.24. The topological polar surface area (TPSA) is 74.6 Å². The largest absolute Gasteiger partial charge is 0.481 e. The highest BCUT2D eigenvalue weighted by Gasteiger charge is 2.26. The maximum absolute atomic E-state index is 11.1. The molecule has 0 amide bonds. The van der Waals surface area contributed by atoms with Gasteiger partial charge in [-0.2, -0.15) is 0 Å². The minimum absolute atomic E-state index is 0.125. The molecule has 0 fully saturated rings. The van der Waals surface area contributed by atoms with Gasteiger partial charge in [0.1, 0.15) is 0 Å². The molecule has 0 aliphatic heterocycles. The molecule has 0 saturated carbocycles. The Morgan fingerprint density at radius 3 is 2.06 bits per heavy atom. The van der Waals surface area contributed by atoms with Crippen LogP contribution in [0.5, 0.6) is 0 Å². The van der Waals surface area contributed by atoms with Gasteiger partial charge < -0.3 is 10.2 Å². The zero-order valence-corrected chi connectivity index (χ0v) is 11.2. The van der Waals surface area contributed by atoms with Gasteiger partial charge in [-0.3, -0.25) is 9.59 Å². The molecule has 4 heteroatoms. The first-order valence-electron chi connectivity index (χ1n) is 6.15. The van der Waals surface area contributed by atoms with Gasteiger partial charge in [0, 0.05) is 0 Å². The van der Waals surface area contributed by atoms with Gasteiger partial charge in [-0.1, -0.05) is 34.1 Å². The summed E-state index contributed by atoms with van der Waals surface area (Å²) in [5.74, 6) is -2.95. The zero-order chi connectivity index (χ0) is 13.6. The van der Waals surface area contributed by atoms with E-state index < -0.39 is 23.8 Å². The van der Waals surface area contributed by atoms with E-state index in [1.54, 1.807) is 6.92 Å². The van der Waals surface area contributed by atoms with Crippen LogP contribution in [0.3, 0.4) is 0 Å². The van der Waals surface area contributed by atoms with Crippen LogP contribution < -0.4 is 0 Å². The van der Waals surface area contributed by atoms with E-state index in [2.05, 4.69) is 20.8 Å². The Hall–Kier alpha value is -1.06. The molecule has 0 spiro atoms. The molecule has 4 nitrogen and oxygen atoms in total. The molecule has 0 heterocycles. The molecule has 2 unspecified atom stereocenters. The standard InChI is InChI=1S/C13H24O4/c1-5-13(3,4)7-6-10(12(16)17)8-9(2)11(14)15/h9-10H,5-8H2,1-4H3,(H,14,15)(H,16,17). The van der Waals surface area contributed by atoms with Crippen LogP contribution in [0, 0.1) is 17.3 Å². The first-order chi connectivity index (χ1) is 7.69. The molecule has 0 rings (SSSR count). The average Bonchev–Trinajstić information content (AvgIpc) is 2.23. The third kappa shape index (κ3) is 6.29. The van der Waals surface area contributed by atoms with E-state index in [0.717, 1.165) is 12.8 Å². The van der Waals surface area contributed by atoms with Gasteiger partial charge in [0.25, 0.3) is 0 Å². The van der Waals surface area contributed by atoms with E-state index in [1.165, 1.54) is 0 Å². The van der Waals surface area contributed by atoms with Gasteiger partial charge in [0.05, 0.1) is 11.8 Å². The number of hydrogen-bond acceptors (Lipinski definition) is 2. The fourth-order valence-corrected chi connectivity index (χ4v) is 1.61. The molecular weight excluding hydrogens is 220 g/mol.